The molecule has 2 saturated heterocycles. The summed E-state index contributed by atoms with van der Waals surface area (Å²) in [5.74, 6) is 0.164. The van der Waals surface area contributed by atoms with E-state index in [1.165, 1.54) is 0 Å². The Morgan fingerprint density at radius 2 is 1.77 bits per heavy atom. The first kappa shape index (κ1) is 18.5. The van der Waals surface area contributed by atoms with E-state index in [1.807, 2.05) is 12.1 Å². The molecule has 3 amide bonds. The molecule has 2 fully saturated rings. The van der Waals surface area contributed by atoms with Crippen LogP contribution in [-0.2, 0) is 9.59 Å². The molecule has 2 heterocycles. The molecular weight excluding hydrogens is 352 g/mol. The van der Waals surface area contributed by atoms with E-state index >= 15 is 0 Å². The Balaban J connectivity index is 1.67. The molecule has 2 aliphatic rings. The van der Waals surface area contributed by atoms with Crippen LogP contribution in [0.4, 0.5) is 4.79 Å². The van der Waals surface area contributed by atoms with E-state index in [0.717, 1.165) is 53.7 Å². The number of thioether (sulfide) groups is 1. The van der Waals surface area contributed by atoms with Crippen molar-refractivity contribution in [2.75, 3.05) is 26.7 Å². The van der Waals surface area contributed by atoms with Crippen molar-refractivity contribution in [3.63, 3.8) is 0 Å². The van der Waals surface area contributed by atoms with Gasteiger partial charge in [-0.25, -0.2) is 0 Å². The van der Waals surface area contributed by atoms with Crippen LogP contribution in [0.5, 0.6) is 5.75 Å². The lowest BCUT2D eigenvalue weighted by molar-refractivity contribution is -0.135. The zero-order chi connectivity index (χ0) is 18.5. The maximum atomic E-state index is 12.6. The average Bonchev–Trinajstić information content (AvgIpc) is 2.86. The van der Waals surface area contributed by atoms with Crippen LogP contribution in [0.1, 0.15) is 31.2 Å². The van der Waals surface area contributed by atoms with Gasteiger partial charge in [0, 0.05) is 13.1 Å². The Kier molecular flexibility index (Phi) is 5.98. The SMILES string of the molecule is COc1ccc(/C=C2/SC(=O)N(CC(=O)N3CCCCCC3)C2=O)cc1. The number of likely N-dealkylation sites (tertiary alicyclic amines) is 1. The fourth-order valence-corrected chi connectivity index (χ4v) is 3.88. The maximum absolute atomic E-state index is 12.6. The number of carbonyl (C=O) groups is 3. The normalized spacial score (nSPS) is 19.8. The van der Waals surface area contributed by atoms with Gasteiger partial charge in [0.25, 0.3) is 11.1 Å². The molecule has 0 atom stereocenters. The topological polar surface area (TPSA) is 66.9 Å². The minimum atomic E-state index is -0.404. The number of rotatable bonds is 4. The number of methoxy groups -OCH3 is 1. The molecule has 0 radical (unpaired) electrons. The van der Waals surface area contributed by atoms with E-state index in [4.69, 9.17) is 4.74 Å². The van der Waals surface area contributed by atoms with Crippen LogP contribution in [0.3, 0.4) is 0 Å². The molecule has 0 aromatic heterocycles. The third-order valence-electron chi connectivity index (χ3n) is 4.54. The molecule has 7 heteroatoms. The number of hydrogen-bond donors (Lipinski definition) is 0. The summed E-state index contributed by atoms with van der Waals surface area (Å²) in [6, 6.07) is 7.21. The smallest absolute Gasteiger partial charge is 0.294 e. The number of amides is 3. The van der Waals surface area contributed by atoms with Crippen molar-refractivity contribution in [3.05, 3.63) is 34.7 Å². The molecule has 1 aromatic carbocycles. The second-order valence-corrected chi connectivity index (χ2v) is 7.33. The Hall–Kier alpha value is -2.28. The number of hydrogen-bond acceptors (Lipinski definition) is 5. The summed E-state index contributed by atoms with van der Waals surface area (Å²) in [5, 5.41) is -0.391. The number of carbonyl (C=O) groups excluding carboxylic acids is 3. The lowest BCUT2D eigenvalue weighted by Gasteiger charge is -2.22. The highest BCUT2D eigenvalue weighted by Gasteiger charge is 2.37. The van der Waals surface area contributed by atoms with Crippen molar-refractivity contribution >= 4 is 34.9 Å². The fourth-order valence-electron chi connectivity index (χ4n) is 3.04. The van der Waals surface area contributed by atoms with Crippen molar-refractivity contribution in [2.24, 2.45) is 0 Å². The molecule has 138 valence electrons. The number of imide groups is 1. The number of ether oxygens (including phenoxy) is 1. The number of nitrogens with zero attached hydrogens (tertiary/aromatic N) is 2. The first-order valence-electron chi connectivity index (χ1n) is 8.75. The highest BCUT2D eigenvalue weighted by Crippen LogP contribution is 2.32. The lowest BCUT2D eigenvalue weighted by atomic mass is 10.2. The minimum absolute atomic E-state index is 0.153. The second kappa shape index (κ2) is 8.40. The Labute approximate surface area is 157 Å². The maximum Gasteiger partial charge on any atom is 0.294 e. The third-order valence-corrected chi connectivity index (χ3v) is 5.45. The molecule has 0 aliphatic carbocycles. The molecule has 0 unspecified atom stereocenters. The van der Waals surface area contributed by atoms with Crippen LogP contribution in [0.2, 0.25) is 0 Å². The van der Waals surface area contributed by atoms with Gasteiger partial charge < -0.3 is 9.64 Å². The monoisotopic (exact) mass is 374 g/mol. The largest absolute Gasteiger partial charge is 0.497 e. The minimum Gasteiger partial charge on any atom is -0.497 e. The quantitative estimate of drug-likeness (QED) is 0.758. The van der Waals surface area contributed by atoms with Gasteiger partial charge in [-0.2, -0.15) is 0 Å². The van der Waals surface area contributed by atoms with Crippen LogP contribution in [0.25, 0.3) is 6.08 Å². The summed E-state index contributed by atoms with van der Waals surface area (Å²) >= 11 is 0.876. The van der Waals surface area contributed by atoms with Crippen molar-refractivity contribution in [3.8, 4) is 5.75 Å². The van der Waals surface area contributed by atoms with Crippen LogP contribution < -0.4 is 4.74 Å². The van der Waals surface area contributed by atoms with Gasteiger partial charge in [0.15, 0.2) is 0 Å². The average molecular weight is 374 g/mol. The van der Waals surface area contributed by atoms with E-state index in [1.54, 1.807) is 30.2 Å². The highest BCUT2D eigenvalue weighted by atomic mass is 32.2. The van der Waals surface area contributed by atoms with Gasteiger partial charge in [-0.3, -0.25) is 19.3 Å². The summed E-state index contributed by atoms with van der Waals surface area (Å²) in [7, 11) is 1.59. The molecule has 0 spiro atoms. The molecule has 3 rings (SSSR count). The molecule has 0 N–H and O–H groups in total. The molecule has 6 nitrogen and oxygen atoms in total. The summed E-state index contributed by atoms with van der Waals surface area (Å²) in [6.45, 7) is 1.23. The molecular formula is C19H22N2O4S. The van der Waals surface area contributed by atoms with Gasteiger partial charge in [0.1, 0.15) is 12.3 Å². The predicted molar refractivity (Wildman–Crippen MR) is 101 cm³/mol. The van der Waals surface area contributed by atoms with E-state index < -0.39 is 11.1 Å². The van der Waals surface area contributed by atoms with Gasteiger partial charge in [-0.1, -0.05) is 25.0 Å². The Morgan fingerprint density at radius 1 is 1.12 bits per heavy atom. The lowest BCUT2D eigenvalue weighted by Crippen LogP contribution is -2.42. The van der Waals surface area contributed by atoms with E-state index in [-0.39, 0.29) is 12.5 Å². The zero-order valence-electron chi connectivity index (χ0n) is 14.8. The van der Waals surface area contributed by atoms with Gasteiger partial charge in [0.2, 0.25) is 5.91 Å². The van der Waals surface area contributed by atoms with Crippen molar-refractivity contribution in [1.29, 1.82) is 0 Å². The van der Waals surface area contributed by atoms with Crippen LogP contribution in [-0.4, -0.2) is 53.6 Å². The van der Waals surface area contributed by atoms with Crippen molar-refractivity contribution < 1.29 is 19.1 Å². The van der Waals surface area contributed by atoms with Crippen LogP contribution in [0.15, 0.2) is 29.2 Å². The third kappa shape index (κ3) is 4.27. The molecule has 0 saturated carbocycles. The summed E-state index contributed by atoms with van der Waals surface area (Å²) in [4.78, 5) is 40.4. The van der Waals surface area contributed by atoms with E-state index in [2.05, 4.69) is 0 Å². The summed E-state index contributed by atoms with van der Waals surface area (Å²) in [6.07, 6.45) is 5.86. The highest BCUT2D eigenvalue weighted by molar-refractivity contribution is 8.18. The van der Waals surface area contributed by atoms with Gasteiger partial charge in [-0.15, -0.1) is 0 Å². The van der Waals surface area contributed by atoms with E-state index in [9.17, 15) is 14.4 Å². The second-order valence-electron chi connectivity index (χ2n) is 6.34. The van der Waals surface area contributed by atoms with Crippen LogP contribution >= 0.6 is 11.8 Å². The standard InChI is InChI=1S/C19H22N2O4S/c1-25-15-8-6-14(7-9-15)12-16-18(23)21(19(24)26-16)13-17(22)20-10-4-2-3-5-11-20/h6-9,12H,2-5,10-11,13H2,1H3/b16-12+. The zero-order valence-corrected chi connectivity index (χ0v) is 15.6. The molecule has 1 aromatic rings. The first-order chi connectivity index (χ1) is 12.6. The first-order valence-corrected chi connectivity index (χ1v) is 9.57. The Bertz CT molecular complexity index is 722. The van der Waals surface area contributed by atoms with Crippen molar-refractivity contribution in [1.82, 2.24) is 9.80 Å². The van der Waals surface area contributed by atoms with Crippen LogP contribution in [0, 0.1) is 0 Å². The summed E-state index contributed by atoms with van der Waals surface area (Å²) in [5.41, 5.74) is 0.801. The van der Waals surface area contributed by atoms with Gasteiger partial charge in [-0.05, 0) is 48.4 Å². The molecule has 2 aliphatic heterocycles. The molecule has 0 bridgehead atoms. The van der Waals surface area contributed by atoms with Crippen molar-refractivity contribution in [2.45, 2.75) is 25.7 Å². The number of benzene rings is 1. The van der Waals surface area contributed by atoms with Gasteiger partial charge >= 0.3 is 0 Å². The fraction of sp³-hybridized carbons (Fsp3) is 0.421. The Morgan fingerprint density at radius 3 is 2.38 bits per heavy atom. The van der Waals surface area contributed by atoms with Gasteiger partial charge in [0.05, 0.1) is 12.0 Å². The predicted octanol–water partition coefficient (Wildman–Crippen LogP) is 3.13. The van der Waals surface area contributed by atoms with E-state index in [0.29, 0.717) is 18.0 Å². The molecule has 26 heavy (non-hydrogen) atoms. The summed E-state index contributed by atoms with van der Waals surface area (Å²) < 4.78 is 5.11.